The van der Waals surface area contributed by atoms with Gasteiger partial charge in [0, 0.05) is 32.8 Å². The van der Waals surface area contributed by atoms with Crippen molar-refractivity contribution in [1.29, 1.82) is 0 Å². The maximum atomic E-state index is 14.3. The van der Waals surface area contributed by atoms with E-state index < -0.39 is 0 Å². The third kappa shape index (κ3) is 3.35. The molecule has 0 aromatic heterocycles. The van der Waals surface area contributed by atoms with Crippen LogP contribution in [-0.2, 0) is 5.41 Å². The van der Waals surface area contributed by atoms with E-state index in [1.807, 2.05) is 4.90 Å². The molecule has 2 aliphatic heterocycles. The predicted octanol–water partition coefficient (Wildman–Crippen LogP) is 5.58. The summed E-state index contributed by atoms with van der Waals surface area (Å²) in [6, 6.07) is 9.87. The van der Waals surface area contributed by atoms with Gasteiger partial charge in [0.2, 0.25) is 0 Å². The van der Waals surface area contributed by atoms with Crippen LogP contribution in [0.1, 0.15) is 48.0 Å². The Morgan fingerprint density at radius 3 is 2.45 bits per heavy atom. The van der Waals surface area contributed by atoms with Crippen molar-refractivity contribution in [3.05, 3.63) is 63.4 Å². The van der Waals surface area contributed by atoms with Crippen molar-refractivity contribution < 1.29 is 9.18 Å². The molecule has 2 heterocycles. The van der Waals surface area contributed by atoms with Crippen LogP contribution in [0.5, 0.6) is 0 Å². The minimum absolute atomic E-state index is 0.0270. The van der Waals surface area contributed by atoms with Crippen molar-refractivity contribution in [2.45, 2.75) is 43.6 Å². The Balaban J connectivity index is 1.65. The number of rotatable bonds is 3. The standard InChI is InChI=1S/C23H23Cl2FN2O/c24-16-10-15(11-17(25)12-16)22(29)28-20-4-3-18(26)13-19(20)23(5-7-27-8-6-23)21(28)9-14-1-2-14/h3-4,10-14,21,27H,1-2,5-9H2/t21-/m1/s1. The Kier molecular flexibility index (Phi) is 4.84. The van der Waals surface area contributed by atoms with Gasteiger partial charge in [-0.2, -0.15) is 0 Å². The van der Waals surface area contributed by atoms with Crippen molar-refractivity contribution in [1.82, 2.24) is 5.32 Å². The molecule has 1 saturated carbocycles. The zero-order valence-electron chi connectivity index (χ0n) is 16.1. The molecular formula is C23H23Cl2FN2O. The predicted molar refractivity (Wildman–Crippen MR) is 115 cm³/mol. The van der Waals surface area contributed by atoms with Gasteiger partial charge in [0.25, 0.3) is 5.91 Å². The minimum Gasteiger partial charge on any atom is -0.317 e. The highest BCUT2D eigenvalue weighted by atomic mass is 35.5. The van der Waals surface area contributed by atoms with Crippen LogP contribution in [0.15, 0.2) is 36.4 Å². The summed E-state index contributed by atoms with van der Waals surface area (Å²) in [6.07, 6.45) is 5.18. The van der Waals surface area contributed by atoms with Crippen LogP contribution >= 0.6 is 23.2 Å². The molecule has 2 fully saturated rings. The summed E-state index contributed by atoms with van der Waals surface area (Å²) in [6.45, 7) is 1.75. The normalized spacial score (nSPS) is 22.7. The third-order valence-corrected chi connectivity index (χ3v) is 7.22. The molecule has 0 unspecified atom stereocenters. The molecule has 1 amide bonds. The molecule has 1 saturated heterocycles. The van der Waals surface area contributed by atoms with Crippen LogP contribution in [-0.4, -0.2) is 25.0 Å². The van der Waals surface area contributed by atoms with Crippen LogP contribution in [0.2, 0.25) is 10.0 Å². The number of hydrogen-bond acceptors (Lipinski definition) is 2. The maximum absolute atomic E-state index is 14.3. The summed E-state index contributed by atoms with van der Waals surface area (Å²) in [7, 11) is 0. The molecule has 29 heavy (non-hydrogen) atoms. The highest BCUT2D eigenvalue weighted by Gasteiger charge is 2.54. The lowest BCUT2D eigenvalue weighted by atomic mass is 9.68. The lowest BCUT2D eigenvalue weighted by Gasteiger charge is -2.42. The fourth-order valence-corrected chi connectivity index (χ4v) is 5.78. The summed E-state index contributed by atoms with van der Waals surface area (Å²) in [5, 5.41) is 4.31. The highest BCUT2D eigenvalue weighted by Crippen LogP contribution is 2.54. The van der Waals surface area contributed by atoms with Crippen LogP contribution < -0.4 is 10.2 Å². The number of hydrogen-bond donors (Lipinski definition) is 1. The summed E-state index contributed by atoms with van der Waals surface area (Å²) >= 11 is 12.4. The van der Waals surface area contributed by atoms with E-state index in [2.05, 4.69) is 5.32 Å². The van der Waals surface area contributed by atoms with Gasteiger partial charge < -0.3 is 10.2 Å². The van der Waals surface area contributed by atoms with E-state index in [9.17, 15) is 9.18 Å². The number of piperidine rings is 1. The number of halogens is 3. The molecule has 1 spiro atoms. The number of fused-ring (bicyclic) bond motifs is 2. The van der Waals surface area contributed by atoms with Crippen molar-refractivity contribution in [3.63, 3.8) is 0 Å². The first-order chi connectivity index (χ1) is 14.0. The Hall–Kier alpha value is -1.62. The minimum atomic E-state index is -0.244. The largest absolute Gasteiger partial charge is 0.317 e. The molecular weight excluding hydrogens is 410 g/mol. The molecule has 6 heteroatoms. The average Bonchev–Trinajstić information content (AvgIpc) is 3.48. The van der Waals surface area contributed by atoms with Gasteiger partial charge in [0.15, 0.2) is 0 Å². The quantitative estimate of drug-likeness (QED) is 0.685. The summed E-state index contributed by atoms with van der Waals surface area (Å²) in [5.74, 6) is 0.291. The fraction of sp³-hybridized carbons (Fsp3) is 0.435. The van der Waals surface area contributed by atoms with E-state index >= 15 is 0 Å². The second-order valence-corrected chi connectivity index (χ2v) is 9.47. The van der Waals surface area contributed by atoms with Crippen LogP contribution in [0.4, 0.5) is 10.1 Å². The zero-order valence-corrected chi connectivity index (χ0v) is 17.6. The smallest absolute Gasteiger partial charge is 0.258 e. The van der Waals surface area contributed by atoms with Gasteiger partial charge in [-0.15, -0.1) is 0 Å². The van der Waals surface area contributed by atoms with Gasteiger partial charge in [0.1, 0.15) is 5.82 Å². The lowest BCUT2D eigenvalue weighted by molar-refractivity contribution is 0.0960. The van der Waals surface area contributed by atoms with Gasteiger partial charge >= 0.3 is 0 Å². The number of carbonyl (C=O) groups is 1. The van der Waals surface area contributed by atoms with Gasteiger partial charge in [0.05, 0.1) is 0 Å². The van der Waals surface area contributed by atoms with Crippen LogP contribution in [0, 0.1) is 11.7 Å². The molecule has 1 atom stereocenters. The molecule has 1 aliphatic carbocycles. The summed E-state index contributed by atoms with van der Waals surface area (Å²) in [5.41, 5.74) is 2.08. The topological polar surface area (TPSA) is 32.3 Å². The van der Waals surface area contributed by atoms with E-state index in [4.69, 9.17) is 23.2 Å². The van der Waals surface area contributed by atoms with Crippen molar-refractivity contribution in [2.24, 2.45) is 5.92 Å². The number of nitrogens with zero attached hydrogens (tertiary/aromatic N) is 1. The van der Waals surface area contributed by atoms with Gasteiger partial charge in [-0.3, -0.25) is 4.79 Å². The molecule has 0 radical (unpaired) electrons. The SMILES string of the molecule is O=C(c1cc(Cl)cc(Cl)c1)N1c2ccc(F)cc2C2(CCNCC2)[C@H]1CC1CC1. The monoisotopic (exact) mass is 432 g/mol. The van der Waals surface area contributed by atoms with Gasteiger partial charge in [-0.1, -0.05) is 36.0 Å². The molecule has 0 bridgehead atoms. The lowest BCUT2D eigenvalue weighted by Crippen LogP contribution is -2.52. The first-order valence-corrected chi connectivity index (χ1v) is 11.0. The van der Waals surface area contributed by atoms with Crippen molar-refractivity contribution >= 4 is 34.8 Å². The van der Waals surface area contributed by atoms with E-state index in [-0.39, 0.29) is 23.2 Å². The van der Waals surface area contributed by atoms with Crippen molar-refractivity contribution in [3.8, 4) is 0 Å². The third-order valence-electron chi connectivity index (χ3n) is 6.78. The van der Waals surface area contributed by atoms with Gasteiger partial charge in [-0.25, -0.2) is 4.39 Å². The van der Waals surface area contributed by atoms with E-state index in [0.29, 0.717) is 21.5 Å². The molecule has 2 aromatic rings. The van der Waals surface area contributed by atoms with Crippen LogP contribution in [0.3, 0.4) is 0 Å². The first-order valence-electron chi connectivity index (χ1n) is 10.3. The second-order valence-electron chi connectivity index (χ2n) is 8.60. The maximum Gasteiger partial charge on any atom is 0.258 e. The number of nitrogens with one attached hydrogen (secondary N) is 1. The molecule has 3 nitrogen and oxygen atoms in total. The van der Waals surface area contributed by atoms with E-state index in [1.165, 1.54) is 18.9 Å². The number of benzene rings is 2. The van der Waals surface area contributed by atoms with Crippen LogP contribution in [0.25, 0.3) is 0 Å². The Morgan fingerprint density at radius 2 is 1.79 bits per heavy atom. The average molecular weight is 433 g/mol. The Labute approximate surface area is 180 Å². The fourth-order valence-electron chi connectivity index (χ4n) is 5.25. The second kappa shape index (κ2) is 7.26. The summed E-state index contributed by atoms with van der Waals surface area (Å²) < 4.78 is 14.3. The first kappa shape index (κ1) is 19.3. The molecule has 5 rings (SSSR count). The summed E-state index contributed by atoms with van der Waals surface area (Å²) in [4.78, 5) is 15.7. The number of anilines is 1. The van der Waals surface area contributed by atoms with E-state index in [1.54, 1.807) is 30.3 Å². The molecule has 3 aliphatic rings. The Bertz CT molecular complexity index is 949. The number of amides is 1. The molecule has 1 N–H and O–H groups in total. The molecule has 152 valence electrons. The van der Waals surface area contributed by atoms with E-state index in [0.717, 1.165) is 43.6 Å². The molecule has 2 aromatic carbocycles. The Morgan fingerprint density at radius 1 is 1.10 bits per heavy atom. The highest BCUT2D eigenvalue weighted by molar-refractivity contribution is 6.35. The van der Waals surface area contributed by atoms with Crippen molar-refractivity contribution in [2.75, 3.05) is 18.0 Å². The van der Waals surface area contributed by atoms with Gasteiger partial charge in [-0.05, 0) is 80.2 Å². The number of carbonyl (C=O) groups excluding carboxylic acids is 1. The zero-order chi connectivity index (χ0) is 20.2.